The molecule has 0 unspecified atom stereocenters. The van der Waals surface area contributed by atoms with Crippen molar-refractivity contribution in [3.8, 4) is 0 Å². The number of anilines is 1. The summed E-state index contributed by atoms with van der Waals surface area (Å²) in [6, 6.07) is 9.87. The summed E-state index contributed by atoms with van der Waals surface area (Å²) >= 11 is 10.9. The van der Waals surface area contributed by atoms with E-state index in [9.17, 15) is 0 Å². The predicted octanol–water partition coefficient (Wildman–Crippen LogP) is 4.14. The van der Waals surface area contributed by atoms with Gasteiger partial charge in [-0.1, -0.05) is 27.5 Å². The highest BCUT2D eigenvalue weighted by molar-refractivity contribution is 9.10. The first-order valence-electron chi connectivity index (χ1n) is 5.29. The summed E-state index contributed by atoms with van der Waals surface area (Å²) in [4.78, 5) is 5.52. The van der Waals surface area contributed by atoms with Crippen LogP contribution in [0, 0.1) is 0 Å². The van der Waals surface area contributed by atoms with Crippen molar-refractivity contribution in [3.63, 3.8) is 0 Å². The molecule has 3 aromatic rings. The van der Waals surface area contributed by atoms with Crippen LogP contribution in [-0.2, 0) is 6.54 Å². The Morgan fingerprint density at radius 2 is 2.17 bits per heavy atom. The Morgan fingerprint density at radius 3 is 2.89 bits per heavy atom. The summed E-state index contributed by atoms with van der Waals surface area (Å²) in [5.41, 5.74) is 7.89. The summed E-state index contributed by atoms with van der Waals surface area (Å²) in [5.74, 6) is 0.521. The van der Waals surface area contributed by atoms with E-state index in [1.54, 1.807) is 11.3 Å². The van der Waals surface area contributed by atoms with E-state index in [1.165, 1.54) is 0 Å². The highest BCUT2D eigenvalue weighted by Gasteiger charge is 2.09. The van der Waals surface area contributed by atoms with Crippen molar-refractivity contribution in [1.29, 1.82) is 0 Å². The van der Waals surface area contributed by atoms with Crippen LogP contribution in [0.25, 0.3) is 11.0 Å². The molecule has 2 N–H and O–H groups in total. The van der Waals surface area contributed by atoms with Gasteiger partial charge in [0.1, 0.15) is 0 Å². The third-order valence-corrected chi connectivity index (χ3v) is 4.39. The molecule has 0 radical (unpaired) electrons. The predicted molar refractivity (Wildman–Crippen MR) is 80.3 cm³/mol. The van der Waals surface area contributed by atoms with Gasteiger partial charge < -0.3 is 10.3 Å². The average Bonchev–Trinajstić information content (AvgIpc) is 2.84. The van der Waals surface area contributed by atoms with Gasteiger partial charge in [0.15, 0.2) is 0 Å². The number of imidazole rings is 1. The summed E-state index contributed by atoms with van der Waals surface area (Å²) in [6.07, 6.45) is 0. The van der Waals surface area contributed by atoms with Gasteiger partial charge >= 0.3 is 0 Å². The molecule has 0 bridgehead atoms. The largest absolute Gasteiger partial charge is 0.369 e. The lowest BCUT2D eigenvalue weighted by atomic mass is 10.3. The first-order valence-corrected chi connectivity index (χ1v) is 7.28. The maximum Gasteiger partial charge on any atom is 0.201 e. The number of nitrogens with zero attached hydrogens (tertiary/aromatic N) is 2. The number of fused-ring (bicyclic) bond motifs is 1. The first kappa shape index (κ1) is 12.0. The molecule has 0 saturated carbocycles. The second-order valence-corrected chi connectivity index (χ2v) is 6.61. The van der Waals surface area contributed by atoms with Gasteiger partial charge in [0.25, 0.3) is 0 Å². The van der Waals surface area contributed by atoms with E-state index in [0.717, 1.165) is 24.7 Å². The molecule has 3 rings (SSSR count). The van der Waals surface area contributed by atoms with E-state index in [4.69, 9.17) is 17.3 Å². The smallest absolute Gasteiger partial charge is 0.201 e. The highest BCUT2D eigenvalue weighted by atomic mass is 79.9. The fourth-order valence-corrected chi connectivity index (χ4v) is 3.31. The molecule has 92 valence electrons. The number of nitrogen functional groups attached to an aromatic ring is 1. The summed E-state index contributed by atoms with van der Waals surface area (Å²) in [6.45, 7) is 0.696. The van der Waals surface area contributed by atoms with E-state index in [0.29, 0.717) is 12.5 Å². The van der Waals surface area contributed by atoms with E-state index >= 15 is 0 Å². The van der Waals surface area contributed by atoms with Gasteiger partial charge in [-0.05, 0) is 30.3 Å². The van der Waals surface area contributed by atoms with Crippen LogP contribution in [0.3, 0.4) is 0 Å². The second kappa shape index (κ2) is 4.57. The number of nitrogens with two attached hydrogens (primary N) is 1. The highest BCUT2D eigenvalue weighted by Crippen LogP contribution is 2.26. The van der Waals surface area contributed by atoms with E-state index in [-0.39, 0.29) is 0 Å². The molecule has 0 fully saturated rings. The molecule has 0 saturated heterocycles. The normalized spacial score (nSPS) is 11.2. The van der Waals surface area contributed by atoms with Crippen molar-refractivity contribution >= 4 is 55.8 Å². The minimum atomic E-state index is 0.521. The Morgan fingerprint density at radius 1 is 1.33 bits per heavy atom. The molecule has 0 aliphatic carbocycles. The van der Waals surface area contributed by atoms with Crippen molar-refractivity contribution < 1.29 is 0 Å². The first-order chi connectivity index (χ1) is 8.63. The number of halogens is 2. The van der Waals surface area contributed by atoms with Gasteiger partial charge in [0, 0.05) is 9.35 Å². The Hall–Kier alpha value is -1.04. The maximum absolute atomic E-state index is 5.97. The number of aromatic nitrogens is 2. The monoisotopic (exact) mass is 341 g/mol. The molecule has 1 aromatic carbocycles. The van der Waals surface area contributed by atoms with Crippen LogP contribution in [0.1, 0.15) is 4.88 Å². The summed E-state index contributed by atoms with van der Waals surface area (Å²) in [7, 11) is 0. The maximum atomic E-state index is 5.97. The van der Waals surface area contributed by atoms with Crippen molar-refractivity contribution in [2.24, 2.45) is 0 Å². The zero-order chi connectivity index (χ0) is 12.7. The second-order valence-electron chi connectivity index (χ2n) is 3.90. The van der Waals surface area contributed by atoms with Crippen molar-refractivity contribution in [3.05, 3.63) is 44.0 Å². The van der Waals surface area contributed by atoms with Crippen molar-refractivity contribution in [2.45, 2.75) is 6.54 Å². The Balaban J connectivity index is 2.08. The molecule has 18 heavy (non-hydrogen) atoms. The van der Waals surface area contributed by atoms with Gasteiger partial charge in [0.2, 0.25) is 5.95 Å². The Kier molecular flexibility index (Phi) is 3.05. The molecule has 2 aromatic heterocycles. The van der Waals surface area contributed by atoms with Crippen LogP contribution in [0.15, 0.2) is 34.8 Å². The van der Waals surface area contributed by atoms with E-state index in [2.05, 4.69) is 20.9 Å². The SMILES string of the molecule is Nc1nc2cc(Br)ccc2n1Cc1ccc(Cl)s1. The van der Waals surface area contributed by atoms with Crippen LogP contribution in [0.2, 0.25) is 4.34 Å². The molecule has 3 nitrogen and oxygen atoms in total. The van der Waals surface area contributed by atoms with Crippen LogP contribution in [-0.4, -0.2) is 9.55 Å². The molecule has 2 heterocycles. The number of benzene rings is 1. The molecule has 0 atom stereocenters. The molecule has 6 heteroatoms. The minimum Gasteiger partial charge on any atom is -0.369 e. The molecule has 0 amide bonds. The molecular formula is C12H9BrClN3S. The topological polar surface area (TPSA) is 43.8 Å². The van der Waals surface area contributed by atoms with Gasteiger partial charge in [0.05, 0.1) is 21.9 Å². The van der Waals surface area contributed by atoms with Gasteiger partial charge in [-0.25, -0.2) is 4.98 Å². The minimum absolute atomic E-state index is 0.521. The number of hydrogen-bond acceptors (Lipinski definition) is 3. The molecule has 0 spiro atoms. The van der Waals surface area contributed by atoms with E-state index in [1.807, 2.05) is 34.9 Å². The molecule has 0 aliphatic heterocycles. The lowest BCUT2D eigenvalue weighted by molar-refractivity contribution is 0.853. The Labute approximate surface area is 121 Å². The standard InChI is InChI=1S/C12H9BrClN3S/c13-7-1-3-10-9(5-7)16-12(15)17(10)6-8-2-4-11(14)18-8/h1-5H,6H2,(H2,15,16). The fraction of sp³-hybridized carbons (Fsp3) is 0.0833. The van der Waals surface area contributed by atoms with Crippen LogP contribution >= 0.6 is 38.9 Å². The number of rotatable bonds is 2. The summed E-state index contributed by atoms with van der Waals surface area (Å²) in [5, 5.41) is 0. The van der Waals surface area contributed by atoms with Gasteiger partial charge in [-0.15, -0.1) is 11.3 Å². The fourth-order valence-electron chi connectivity index (χ4n) is 1.88. The quantitative estimate of drug-likeness (QED) is 0.760. The third kappa shape index (κ3) is 2.13. The third-order valence-electron chi connectivity index (χ3n) is 2.68. The van der Waals surface area contributed by atoms with Crippen LogP contribution in [0.5, 0.6) is 0 Å². The lowest BCUT2D eigenvalue weighted by Crippen LogP contribution is -2.03. The zero-order valence-corrected chi connectivity index (χ0v) is 12.4. The summed E-state index contributed by atoms with van der Waals surface area (Å²) < 4.78 is 3.78. The number of thiophene rings is 1. The van der Waals surface area contributed by atoms with E-state index < -0.39 is 0 Å². The van der Waals surface area contributed by atoms with Crippen LogP contribution < -0.4 is 5.73 Å². The Bertz CT molecular complexity index is 719. The molecule has 0 aliphatic rings. The lowest BCUT2D eigenvalue weighted by Gasteiger charge is -2.04. The van der Waals surface area contributed by atoms with Crippen molar-refractivity contribution in [2.75, 3.05) is 5.73 Å². The van der Waals surface area contributed by atoms with Gasteiger partial charge in [-0.3, -0.25) is 0 Å². The van der Waals surface area contributed by atoms with Crippen molar-refractivity contribution in [1.82, 2.24) is 9.55 Å². The average molecular weight is 343 g/mol. The zero-order valence-electron chi connectivity index (χ0n) is 9.23. The number of hydrogen-bond donors (Lipinski definition) is 1. The van der Waals surface area contributed by atoms with Gasteiger partial charge in [-0.2, -0.15) is 0 Å². The molecular weight excluding hydrogens is 334 g/mol. The van der Waals surface area contributed by atoms with Crippen LogP contribution in [0.4, 0.5) is 5.95 Å².